The highest BCUT2D eigenvalue weighted by Crippen LogP contribution is 2.30. The molecule has 0 radical (unpaired) electrons. The van der Waals surface area contributed by atoms with Gasteiger partial charge in [-0.15, -0.1) is 0 Å². The molecule has 0 atom stereocenters. The predicted molar refractivity (Wildman–Crippen MR) is 104 cm³/mol. The van der Waals surface area contributed by atoms with Gasteiger partial charge in [0.2, 0.25) is 5.28 Å². The first-order valence-corrected chi connectivity index (χ1v) is 9.48. The van der Waals surface area contributed by atoms with Crippen LogP contribution in [0.4, 0.5) is 22.1 Å². The molecule has 2 aliphatic rings. The molecular formula is C17H27ClN6O3. The number of halogens is 1. The smallest absolute Gasteiger partial charge is 0.410 e. The summed E-state index contributed by atoms with van der Waals surface area (Å²) in [6, 6.07) is 0. The topological polar surface area (TPSA) is 106 Å². The molecule has 1 amide bonds. The Morgan fingerprint density at radius 2 is 2.00 bits per heavy atom. The van der Waals surface area contributed by atoms with Crippen LogP contribution in [0, 0.1) is 5.92 Å². The van der Waals surface area contributed by atoms with Gasteiger partial charge in [0.15, 0.2) is 11.6 Å². The molecule has 27 heavy (non-hydrogen) atoms. The summed E-state index contributed by atoms with van der Waals surface area (Å²) in [5.41, 5.74) is 6.25. The molecule has 0 aromatic carbocycles. The molecule has 3 rings (SSSR count). The standard InChI is InChI=1S/C17H27ClN6O3/c1-17(2,3)27-16(25)24-9-11(10-24)8-20-13-12(19)14(22-15(18)21-13)23-4-6-26-7-5-23/h11H,4-10,19H2,1-3H3,(H,20,21,22). The van der Waals surface area contributed by atoms with E-state index in [0.717, 1.165) is 0 Å². The number of carbonyl (C=O) groups is 1. The van der Waals surface area contributed by atoms with E-state index in [2.05, 4.69) is 15.3 Å². The Hall–Kier alpha value is -2.00. The minimum absolute atomic E-state index is 0.150. The van der Waals surface area contributed by atoms with Gasteiger partial charge in [0.25, 0.3) is 0 Å². The van der Waals surface area contributed by atoms with Crippen molar-refractivity contribution in [1.29, 1.82) is 0 Å². The average Bonchev–Trinajstić information content (AvgIpc) is 2.55. The minimum Gasteiger partial charge on any atom is -0.444 e. The van der Waals surface area contributed by atoms with Gasteiger partial charge < -0.3 is 30.3 Å². The molecule has 3 N–H and O–H groups in total. The summed E-state index contributed by atoms with van der Waals surface area (Å²) in [5.74, 6) is 1.45. The van der Waals surface area contributed by atoms with E-state index in [0.29, 0.717) is 69.2 Å². The van der Waals surface area contributed by atoms with E-state index < -0.39 is 5.60 Å². The van der Waals surface area contributed by atoms with Gasteiger partial charge in [0.05, 0.1) is 13.2 Å². The molecule has 0 saturated carbocycles. The van der Waals surface area contributed by atoms with Crippen LogP contribution in [0.25, 0.3) is 0 Å². The monoisotopic (exact) mass is 398 g/mol. The number of rotatable bonds is 4. The van der Waals surface area contributed by atoms with Crippen molar-refractivity contribution in [1.82, 2.24) is 14.9 Å². The fourth-order valence-electron chi connectivity index (χ4n) is 3.00. The third-order valence-electron chi connectivity index (χ3n) is 4.38. The van der Waals surface area contributed by atoms with Crippen molar-refractivity contribution in [3.05, 3.63) is 5.28 Å². The number of morpholine rings is 1. The van der Waals surface area contributed by atoms with E-state index in [1.54, 1.807) is 4.90 Å². The third kappa shape index (κ3) is 5.04. The van der Waals surface area contributed by atoms with Crippen molar-refractivity contribution < 1.29 is 14.3 Å². The minimum atomic E-state index is -0.484. The van der Waals surface area contributed by atoms with Gasteiger partial charge in [-0.1, -0.05) is 0 Å². The Balaban J connectivity index is 1.55. The first-order valence-electron chi connectivity index (χ1n) is 9.10. The molecule has 3 heterocycles. The summed E-state index contributed by atoms with van der Waals surface area (Å²) in [6.45, 7) is 10.2. The molecule has 2 aliphatic heterocycles. The summed E-state index contributed by atoms with van der Waals surface area (Å²) in [5, 5.41) is 3.40. The van der Waals surface area contributed by atoms with Crippen molar-refractivity contribution in [2.45, 2.75) is 26.4 Å². The van der Waals surface area contributed by atoms with Crippen LogP contribution in [0.3, 0.4) is 0 Å². The SMILES string of the molecule is CC(C)(C)OC(=O)N1CC(CNc2nc(Cl)nc(N3CCOCC3)c2N)C1. The molecule has 2 saturated heterocycles. The zero-order valence-corrected chi connectivity index (χ0v) is 16.8. The van der Waals surface area contributed by atoms with Gasteiger partial charge in [0, 0.05) is 38.6 Å². The zero-order valence-electron chi connectivity index (χ0n) is 16.0. The first-order chi connectivity index (χ1) is 12.7. The maximum atomic E-state index is 12.0. The van der Waals surface area contributed by atoms with E-state index in [-0.39, 0.29) is 11.4 Å². The molecule has 2 fully saturated rings. The quantitative estimate of drug-likeness (QED) is 0.740. The number of nitrogen functional groups attached to an aromatic ring is 1. The average molecular weight is 399 g/mol. The molecule has 10 heteroatoms. The van der Waals surface area contributed by atoms with Gasteiger partial charge in [-0.2, -0.15) is 9.97 Å². The van der Waals surface area contributed by atoms with Crippen LogP contribution in [0.1, 0.15) is 20.8 Å². The van der Waals surface area contributed by atoms with E-state index in [1.165, 1.54) is 0 Å². The fourth-order valence-corrected chi connectivity index (χ4v) is 3.16. The third-order valence-corrected chi connectivity index (χ3v) is 4.54. The highest BCUT2D eigenvalue weighted by Gasteiger charge is 2.33. The van der Waals surface area contributed by atoms with Gasteiger partial charge >= 0.3 is 6.09 Å². The summed E-state index contributed by atoms with van der Waals surface area (Å²) in [4.78, 5) is 24.2. The molecule has 1 aromatic heterocycles. The number of aromatic nitrogens is 2. The lowest BCUT2D eigenvalue weighted by molar-refractivity contribution is 0.000839. The number of nitrogens with one attached hydrogen (secondary N) is 1. The molecule has 150 valence electrons. The molecule has 0 unspecified atom stereocenters. The van der Waals surface area contributed by atoms with E-state index >= 15 is 0 Å². The number of likely N-dealkylation sites (tertiary alicyclic amines) is 1. The zero-order chi connectivity index (χ0) is 19.6. The summed E-state index contributed by atoms with van der Waals surface area (Å²) < 4.78 is 10.7. The van der Waals surface area contributed by atoms with Crippen LogP contribution >= 0.6 is 11.6 Å². The van der Waals surface area contributed by atoms with Crippen LogP contribution in [0.5, 0.6) is 0 Å². The number of ether oxygens (including phenoxy) is 2. The summed E-state index contributed by atoms with van der Waals surface area (Å²) in [7, 11) is 0. The highest BCUT2D eigenvalue weighted by molar-refractivity contribution is 6.28. The van der Waals surface area contributed by atoms with E-state index in [4.69, 9.17) is 26.8 Å². The molecule has 0 bridgehead atoms. The lowest BCUT2D eigenvalue weighted by atomic mass is 10.0. The maximum Gasteiger partial charge on any atom is 0.410 e. The largest absolute Gasteiger partial charge is 0.444 e. The Bertz CT molecular complexity index is 684. The normalized spacial score (nSPS) is 18.2. The Morgan fingerprint density at radius 3 is 2.63 bits per heavy atom. The van der Waals surface area contributed by atoms with Gasteiger partial charge in [-0.05, 0) is 32.4 Å². The molecule has 1 aromatic rings. The van der Waals surface area contributed by atoms with Crippen molar-refractivity contribution in [3.63, 3.8) is 0 Å². The van der Waals surface area contributed by atoms with E-state index in [1.807, 2.05) is 25.7 Å². The number of nitrogens with zero attached hydrogens (tertiary/aromatic N) is 4. The van der Waals surface area contributed by atoms with Crippen LogP contribution in [0.15, 0.2) is 0 Å². The van der Waals surface area contributed by atoms with Gasteiger partial charge in [0.1, 0.15) is 11.3 Å². The molecule has 0 spiro atoms. The number of hydrogen-bond donors (Lipinski definition) is 2. The van der Waals surface area contributed by atoms with Crippen molar-refractivity contribution >= 4 is 35.0 Å². The fraction of sp³-hybridized carbons (Fsp3) is 0.706. The van der Waals surface area contributed by atoms with Crippen LogP contribution in [-0.2, 0) is 9.47 Å². The summed E-state index contributed by atoms with van der Waals surface area (Å²) >= 11 is 6.09. The number of amides is 1. The Morgan fingerprint density at radius 1 is 1.33 bits per heavy atom. The Kier molecular flexibility index (Phi) is 5.81. The van der Waals surface area contributed by atoms with Crippen molar-refractivity contribution in [3.8, 4) is 0 Å². The highest BCUT2D eigenvalue weighted by atomic mass is 35.5. The second-order valence-corrected chi connectivity index (χ2v) is 8.15. The number of nitrogens with two attached hydrogens (primary N) is 1. The van der Waals surface area contributed by atoms with Gasteiger partial charge in [-0.3, -0.25) is 0 Å². The molecule has 0 aliphatic carbocycles. The Labute approximate surface area is 164 Å². The van der Waals surface area contributed by atoms with Crippen LogP contribution in [-0.4, -0.2) is 72.5 Å². The van der Waals surface area contributed by atoms with Gasteiger partial charge in [-0.25, -0.2) is 4.79 Å². The number of hydrogen-bond acceptors (Lipinski definition) is 8. The number of carbonyl (C=O) groups excluding carboxylic acids is 1. The van der Waals surface area contributed by atoms with E-state index in [9.17, 15) is 4.79 Å². The van der Waals surface area contributed by atoms with Crippen molar-refractivity contribution in [2.75, 3.05) is 61.9 Å². The lowest BCUT2D eigenvalue weighted by Crippen LogP contribution is -2.53. The number of anilines is 3. The molecule has 9 nitrogen and oxygen atoms in total. The predicted octanol–water partition coefficient (Wildman–Crippen LogP) is 1.83. The first kappa shape index (κ1) is 19.8. The summed E-state index contributed by atoms with van der Waals surface area (Å²) in [6.07, 6.45) is -0.280. The second-order valence-electron chi connectivity index (χ2n) is 7.81. The second kappa shape index (κ2) is 7.93. The van der Waals surface area contributed by atoms with Crippen LogP contribution < -0.4 is 16.0 Å². The lowest BCUT2D eigenvalue weighted by Gasteiger charge is -2.40. The van der Waals surface area contributed by atoms with Crippen LogP contribution in [0.2, 0.25) is 5.28 Å². The maximum absolute atomic E-state index is 12.0. The van der Waals surface area contributed by atoms with Crippen molar-refractivity contribution in [2.24, 2.45) is 5.92 Å². The molecular weight excluding hydrogens is 372 g/mol.